The first-order chi connectivity index (χ1) is 9.63. The summed E-state index contributed by atoms with van der Waals surface area (Å²) in [5, 5.41) is 4.55. The van der Waals surface area contributed by atoms with E-state index in [1.54, 1.807) is 0 Å². The Morgan fingerprint density at radius 3 is 2.60 bits per heavy atom. The van der Waals surface area contributed by atoms with Crippen molar-refractivity contribution in [1.82, 2.24) is 0 Å². The van der Waals surface area contributed by atoms with Gasteiger partial charge in [-0.25, -0.2) is 0 Å². The molecule has 0 aromatic heterocycles. The number of hydrogen-bond acceptors (Lipinski definition) is 1. The zero-order valence-corrected chi connectivity index (χ0v) is 14.3. The third kappa shape index (κ3) is 2.96. The predicted molar refractivity (Wildman–Crippen MR) is 94.7 cm³/mol. The van der Waals surface area contributed by atoms with Gasteiger partial charge in [0.05, 0.1) is 0 Å². The lowest BCUT2D eigenvalue weighted by Gasteiger charge is -2.37. The van der Waals surface area contributed by atoms with E-state index in [9.17, 15) is 0 Å². The fraction of sp³-hybridized carbons (Fsp3) is 0.294. The average molecular weight is 398 g/mol. The summed E-state index contributed by atoms with van der Waals surface area (Å²) >= 11 is 8.61. The number of rotatable bonds is 3. The Labute approximate surface area is 138 Å². The van der Waals surface area contributed by atoms with Crippen LogP contribution in [0.15, 0.2) is 42.5 Å². The molecule has 1 aliphatic carbocycles. The molecule has 0 unspecified atom stereocenters. The van der Waals surface area contributed by atoms with Crippen molar-refractivity contribution >= 4 is 39.9 Å². The summed E-state index contributed by atoms with van der Waals surface area (Å²) in [4.78, 5) is 0. The van der Waals surface area contributed by atoms with E-state index in [2.05, 4.69) is 65.2 Å². The molecule has 0 bridgehead atoms. The van der Waals surface area contributed by atoms with Crippen molar-refractivity contribution in [3.05, 3.63) is 62.2 Å². The SMILES string of the molecule is Cc1cc(I)ccc1NC1CC(c2ccccc2Cl)C1. The van der Waals surface area contributed by atoms with Gasteiger partial charge >= 0.3 is 0 Å². The summed E-state index contributed by atoms with van der Waals surface area (Å²) in [7, 11) is 0. The number of anilines is 1. The van der Waals surface area contributed by atoms with Gasteiger partial charge in [0.15, 0.2) is 0 Å². The van der Waals surface area contributed by atoms with Crippen molar-refractivity contribution < 1.29 is 0 Å². The molecule has 3 rings (SSSR count). The van der Waals surface area contributed by atoms with Gasteiger partial charge in [0, 0.05) is 20.3 Å². The highest BCUT2D eigenvalue weighted by molar-refractivity contribution is 14.1. The second kappa shape index (κ2) is 5.94. The number of nitrogens with one attached hydrogen (secondary N) is 1. The molecule has 1 nitrogen and oxygen atoms in total. The molecule has 1 N–H and O–H groups in total. The lowest BCUT2D eigenvalue weighted by molar-refractivity contribution is 0.374. The van der Waals surface area contributed by atoms with E-state index in [0.29, 0.717) is 12.0 Å². The largest absolute Gasteiger partial charge is 0.382 e. The minimum absolute atomic E-state index is 0.565. The summed E-state index contributed by atoms with van der Waals surface area (Å²) in [6.07, 6.45) is 2.32. The van der Waals surface area contributed by atoms with E-state index < -0.39 is 0 Å². The molecule has 1 saturated carbocycles. The van der Waals surface area contributed by atoms with Crippen LogP contribution >= 0.6 is 34.2 Å². The highest BCUT2D eigenvalue weighted by atomic mass is 127. The molecule has 0 amide bonds. The summed E-state index contributed by atoms with van der Waals surface area (Å²) < 4.78 is 1.29. The molecule has 0 atom stereocenters. The van der Waals surface area contributed by atoms with E-state index in [4.69, 9.17) is 11.6 Å². The Balaban J connectivity index is 1.62. The fourth-order valence-corrected chi connectivity index (χ4v) is 3.74. The number of hydrogen-bond donors (Lipinski definition) is 1. The standard InChI is InChI=1S/C17H17ClIN/c1-11-8-13(19)6-7-17(11)20-14-9-12(10-14)15-4-2-3-5-16(15)18/h2-8,12,14,20H,9-10H2,1H3. The van der Waals surface area contributed by atoms with Crippen LogP contribution in [0.3, 0.4) is 0 Å². The van der Waals surface area contributed by atoms with Gasteiger partial charge in [0.2, 0.25) is 0 Å². The second-order valence-electron chi connectivity index (χ2n) is 5.49. The maximum absolute atomic E-state index is 6.26. The van der Waals surface area contributed by atoms with Gasteiger partial charge in [0.1, 0.15) is 0 Å². The lowest BCUT2D eigenvalue weighted by atomic mass is 9.75. The lowest BCUT2D eigenvalue weighted by Crippen LogP contribution is -2.34. The molecule has 0 heterocycles. The minimum Gasteiger partial charge on any atom is -0.382 e. The van der Waals surface area contributed by atoms with Crippen LogP contribution in [0.1, 0.15) is 29.9 Å². The molecule has 0 saturated heterocycles. The van der Waals surface area contributed by atoms with Crippen molar-refractivity contribution in [2.24, 2.45) is 0 Å². The van der Waals surface area contributed by atoms with Crippen LogP contribution in [0.2, 0.25) is 5.02 Å². The Kier molecular flexibility index (Phi) is 4.22. The second-order valence-corrected chi connectivity index (χ2v) is 7.14. The van der Waals surface area contributed by atoms with Crippen molar-refractivity contribution in [2.45, 2.75) is 31.7 Å². The van der Waals surface area contributed by atoms with Gasteiger partial charge in [-0.05, 0) is 83.7 Å². The van der Waals surface area contributed by atoms with E-state index >= 15 is 0 Å². The summed E-state index contributed by atoms with van der Waals surface area (Å²) in [6, 6.07) is 15.3. The maximum Gasteiger partial charge on any atom is 0.0440 e. The summed E-state index contributed by atoms with van der Waals surface area (Å²) in [5.74, 6) is 0.602. The molecular weight excluding hydrogens is 381 g/mol. The van der Waals surface area contributed by atoms with E-state index in [0.717, 1.165) is 17.9 Å². The minimum atomic E-state index is 0.565. The first kappa shape index (κ1) is 14.2. The smallest absolute Gasteiger partial charge is 0.0440 e. The monoisotopic (exact) mass is 397 g/mol. The van der Waals surface area contributed by atoms with E-state index in [-0.39, 0.29) is 0 Å². The summed E-state index contributed by atoms with van der Waals surface area (Å²) in [6.45, 7) is 2.16. The highest BCUT2D eigenvalue weighted by Gasteiger charge is 2.31. The maximum atomic E-state index is 6.26. The Morgan fingerprint density at radius 2 is 1.90 bits per heavy atom. The topological polar surface area (TPSA) is 12.0 Å². The van der Waals surface area contributed by atoms with Gasteiger partial charge in [-0.15, -0.1) is 0 Å². The molecule has 20 heavy (non-hydrogen) atoms. The first-order valence-corrected chi connectivity index (χ1v) is 8.36. The Bertz CT molecular complexity index is 620. The Morgan fingerprint density at radius 1 is 1.15 bits per heavy atom. The van der Waals surface area contributed by atoms with Gasteiger partial charge in [-0.1, -0.05) is 29.8 Å². The van der Waals surface area contributed by atoms with Crippen LogP contribution in [0.4, 0.5) is 5.69 Å². The molecule has 0 spiro atoms. The van der Waals surface area contributed by atoms with Crippen molar-refractivity contribution in [1.29, 1.82) is 0 Å². The highest BCUT2D eigenvalue weighted by Crippen LogP contribution is 2.41. The quantitative estimate of drug-likeness (QED) is 0.664. The molecule has 2 aromatic rings. The number of benzene rings is 2. The molecular formula is C17H17ClIN. The molecule has 1 aliphatic rings. The number of aryl methyl sites for hydroxylation is 1. The zero-order chi connectivity index (χ0) is 14.1. The van der Waals surface area contributed by atoms with Crippen LogP contribution in [0, 0.1) is 10.5 Å². The molecule has 1 fully saturated rings. The van der Waals surface area contributed by atoms with E-state index in [1.807, 2.05) is 12.1 Å². The zero-order valence-electron chi connectivity index (χ0n) is 11.4. The molecule has 0 radical (unpaired) electrons. The Hall–Kier alpha value is -0.740. The van der Waals surface area contributed by atoms with E-state index in [1.165, 1.54) is 20.4 Å². The van der Waals surface area contributed by atoms with Gasteiger partial charge < -0.3 is 5.32 Å². The van der Waals surface area contributed by atoms with Crippen molar-refractivity contribution in [3.8, 4) is 0 Å². The molecule has 104 valence electrons. The van der Waals surface area contributed by atoms with Gasteiger partial charge in [0.25, 0.3) is 0 Å². The van der Waals surface area contributed by atoms with Crippen LogP contribution in [0.5, 0.6) is 0 Å². The molecule has 3 heteroatoms. The first-order valence-electron chi connectivity index (χ1n) is 6.90. The molecule has 0 aliphatic heterocycles. The predicted octanol–water partition coefficient (Wildman–Crippen LogP) is 5.61. The normalized spacial score (nSPS) is 21.4. The third-order valence-electron chi connectivity index (χ3n) is 4.03. The van der Waals surface area contributed by atoms with Crippen LogP contribution in [-0.4, -0.2) is 6.04 Å². The summed E-state index contributed by atoms with van der Waals surface area (Å²) in [5.41, 5.74) is 3.87. The number of halogens is 2. The fourth-order valence-electron chi connectivity index (χ4n) is 2.80. The van der Waals surface area contributed by atoms with Crippen LogP contribution < -0.4 is 5.32 Å². The van der Waals surface area contributed by atoms with Gasteiger partial charge in [-0.3, -0.25) is 0 Å². The average Bonchev–Trinajstić information content (AvgIpc) is 2.37. The molecule has 2 aromatic carbocycles. The van der Waals surface area contributed by atoms with Crippen molar-refractivity contribution in [2.75, 3.05) is 5.32 Å². The van der Waals surface area contributed by atoms with Crippen LogP contribution in [0.25, 0.3) is 0 Å². The van der Waals surface area contributed by atoms with Crippen molar-refractivity contribution in [3.63, 3.8) is 0 Å². The third-order valence-corrected chi connectivity index (χ3v) is 5.05. The van der Waals surface area contributed by atoms with Gasteiger partial charge in [-0.2, -0.15) is 0 Å². The van der Waals surface area contributed by atoms with Crippen LogP contribution in [-0.2, 0) is 0 Å².